The third-order valence-corrected chi connectivity index (χ3v) is 4.85. The Labute approximate surface area is 152 Å². The number of rotatable bonds is 6. The zero-order valence-corrected chi connectivity index (χ0v) is 14.6. The molecule has 0 aromatic heterocycles. The lowest BCUT2D eigenvalue weighted by Gasteiger charge is -2.17. The highest BCUT2D eigenvalue weighted by molar-refractivity contribution is 7.99. The predicted octanol–water partition coefficient (Wildman–Crippen LogP) is -1.53. The lowest BCUT2D eigenvalue weighted by atomic mass is 10.1. The molecule has 0 saturated carbocycles. The predicted molar refractivity (Wildman–Crippen MR) is 85.7 cm³/mol. The van der Waals surface area contributed by atoms with E-state index >= 15 is 0 Å². The summed E-state index contributed by atoms with van der Waals surface area (Å²) in [5, 5.41) is 15.0. The van der Waals surface area contributed by atoms with Gasteiger partial charge in [-0.15, -0.1) is 34.3 Å². The van der Waals surface area contributed by atoms with Gasteiger partial charge < -0.3 is 24.4 Å². The van der Waals surface area contributed by atoms with Gasteiger partial charge in [0.15, 0.2) is 12.2 Å². The Morgan fingerprint density at radius 2 is 1.96 bits per heavy atom. The molecule has 0 aromatic rings. The summed E-state index contributed by atoms with van der Waals surface area (Å²) in [7, 11) is 0. The third-order valence-electron chi connectivity index (χ3n) is 3.91. The summed E-state index contributed by atoms with van der Waals surface area (Å²) in [5.74, 6) is 0.488. The summed E-state index contributed by atoms with van der Waals surface area (Å²) in [5.41, 5.74) is 0. The quantitative estimate of drug-likeness (QED) is 0.307. The minimum atomic E-state index is -0.899. The Morgan fingerprint density at radius 1 is 1.28 bits per heavy atom. The van der Waals surface area contributed by atoms with Crippen molar-refractivity contribution in [1.29, 1.82) is 0 Å². The van der Waals surface area contributed by atoms with Crippen LogP contribution in [0.5, 0.6) is 0 Å². The average molecular weight is 400 g/mol. The molecule has 13 heteroatoms. The molecule has 142 valence electrons. The smallest absolute Gasteiger partial charge is 0.325 e. The van der Waals surface area contributed by atoms with Gasteiger partial charge in [-0.05, 0) is 0 Å². The van der Waals surface area contributed by atoms with E-state index < -0.39 is 35.5 Å². The first-order valence-electron chi connectivity index (χ1n) is 7.37. The summed E-state index contributed by atoms with van der Waals surface area (Å²) < 4.78 is 16.0. The van der Waals surface area contributed by atoms with Crippen LogP contribution in [0.1, 0.15) is 0 Å². The summed E-state index contributed by atoms with van der Waals surface area (Å²) in [4.78, 5) is 38.5. The lowest BCUT2D eigenvalue weighted by Crippen LogP contribution is -2.45. The molecule has 3 aliphatic rings. The summed E-state index contributed by atoms with van der Waals surface area (Å²) in [6.07, 6.45) is -2.77. The Balaban J connectivity index is 0.00000225. The average Bonchev–Trinajstić information content (AvgIpc) is 3.25. The highest BCUT2D eigenvalue weighted by Gasteiger charge is 2.51. The number of fused-ring (bicyclic) bond motifs is 1. The van der Waals surface area contributed by atoms with Gasteiger partial charge in [0.25, 0.3) is 5.09 Å². The van der Waals surface area contributed by atoms with Crippen molar-refractivity contribution in [2.45, 2.75) is 30.5 Å². The fraction of sp³-hybridized carbons (Fsp3) is 0.833. The van der Waals surface area contributed by atoms with E-state index in [0.717, 1.165) is 0 Å². The molecule has 1 amide bonds. The Bertz CT molecular complexity index is 521. The van der Waals surface area contributed by atoms with Crippen molar-refractivity contribution >= 4 is 36.0 Å². The van der Waals surface area contributed by atoms with Crippen LogP contribution in [0.4, 0.5) is 0 Å². The minimum absolute atomic E-state index is 0. The Hall–Kier alpha value is -1.34. The fourth-order valence-electron chi connectivity index (χ4n) is 2.79. The van der Waals surface area contributed by atoms with E-state index in [-0.39, 0.29) is 44.1 Å². The summed E-state index contributed by atoms with van der Waals surface area (Å²) in [6, 6.07) is -0.305. The van der Waals surface area contributed by atoms with Crippen LogP contribution in [0.15, 0.2) is 0 Å². The number of amides is 1. The molecule has 0 aromatic carbocycles. The first-order valence-corrected chi connectivity index (χ1v) is 8.53. The lowest BCUT2D eigenvalue weighted by molar-refractivity contribution is -0.769. The topological polar surface area (TPSA) is 138 Å². The standard InChI is InChI=1S/C12H17N3O8S.ClH/c16-9(1-13-12(17)6-4-24-5-14-6)22-7-2-20-11-8(23-15(18)19)3-21-10(7)11;/h6-8,10-11,14H,1-5H2,(H,13,17);1H/t6?,7-,8+,10-,11-;/m1./s1. The molecule has 25 heavy (non-hydrogen) atoms. The second-order valence-electron chi connectivity index (χ2n) is 5.48. The van der Waals surface area contributed by atoms with E-state index in [1.165, 1.54) is 0 Å². The number of ether oxygens (including phenoxy) is 3. The first kappa shape index (κ1) is 20.0. The number of esters is 1. The number of halogens is 1. The molecule has 5 atom stereocenters. The van der Waals surface area contributed by atoms with Gasteiger partial charge in [-0.2, -0.15) is 0 Å². The SMILES string of the molecule is Cl.O=C(CNC(=O)C1CSCN1)O[C@@H]1CO[C@H]2[C@@H]1OC[C@@H]2O[N+](=O)[O-]. The summed E-state index contributed by atoms with van der Waals surface area (Å²) >= 11 is 1.60. The van der Waals surface area contributed by atoms with Crippen LogP contribution in [0.2, 0.25) is 0 Å². The van der Waals surface area contributed by atoms with Crippen LogP contribution in [0.25, 0.3) is 0 Å². The van der Waals surface area contributed by atoms with Crippen molar-refractivity contribution in [3.63, 3.8) is 0 Å². The van der Waals surface area contributed by atoms with E-state index in [1.807, 2.05) is 0 Å². The van der Waals surface area contributed by atoms with Gasteiger partial charge in [-0.1, -0.05) is 0 Å². The van der Waals surface area contributed by atoms with Crippen molar-refractivity contribution in [3.05, 3.63) is 10.1 Å². The van der Waals surface area contributed by atoms with E-state index in [9.17, 15) is 19.7 Å². The van der Waals surface area contributed by atoms with Crippen molar-refractivity contribution in [3.8, 4) is 0 Å². The van der Waals surface area contributed by atoms with Crippen LogP contribution < -0.4 is 10.6 Å². The number of carbonyl (C=O) groups is 2. The molecule has 0 radical (unpaired) electrons. The Morgan fingerprint density at radius 3 is 2.60 bits per heavy atom. The molecule has 3 saturated heterocycles. The minimum Gasteiger partial charge on any atom is -0.456 e. The first-order chi connectivity index (χ1) is 11.5. The molecule has 0 aliphatic carbocycles. The Kier molecular flexibility index (Phi) is 7.07. The second-order valence-corrected chi connectivity index (χ2v) is 6.51. The van der Waals surface area contributed by atoms with Gasteiger partial charge in [-0.25, -0.2) is 0 Å². The van der Waals surface area contributed by atoms with Crippen molar-refractivity contribution in [2.24, 2.45) is 0 Å². The number of nitrogens with one attached hydrogen (secondary N) is 2. The van der Waals surface area contributed by atoms with Crippen molar-refractivity contribution in [2.75, 3.05) is 31.4 Å². The van der Waals surface area contributed by atoms with Crippen LogP contribution in [-0.2, 0) is 28.6 Å². The van der Waals surface area contributed by atoms with E-state index in [2.05, 4.69) is 15.5 Å². The van der Waals surface area contributed by atoms with Gasteiger partial charge in [0, 0.05) is 11.6 Å². The van der Waals surface area contributed by atoms with Gasteiger partial charge in [0.2, 0.25) is 5.91 Å². The van der Waals surface area contributed by atoms with Gasteiger partial charge in [0.1, 0.15) is 18.8 Å². The number of thioether (sulfide) groups is 1. The number of nitrogens with zero attached hydrogens (tertiary/aromatic N) is 1. The van der Waals surface area contributed by atoms with Gasteiger partial charge in [0.05, 0.1) is 19.3 Å². The molecular weight excluding hydrogens is 382 g/mol. The van der Waals surface area contributed by atoms with Gasteiger partial charge >= 0.3 is 5.97 Å². The second kappa shape index (κ2) is 8.85. The molecule has 0 spiro atoms. The van der Waals surface area contributed by atoms with Crippen molar-refractivity contribution < 1.29 is 33.7 Å². The molecule has 3 fully saturated rings. The molecule has 0 bridgehead atoms. The van der Waals surface area contributed by atoms with Crippen LogP contribution in [0, 0.1) is 10.1 Å². The highest BCUT2D eigenvalue weighted by Crippen LogP contribution is 2.30. The third kappa shape index (κ3) is 4.85. The van der Waals surface area contributed by atoms with E-state index in [4.69, 9.17) is 14.2 Å². The fourth-order valence-corrected chi connectivity index (χ4v) is 3.73. The normalized spacial score (nSPS) is 33.2. The molecule has 3 aliphatic heterocycles. The van der Waals surface area contributed by atoms with E-state index in [1.54, 1.807) is 11.8 Å². The molecular formula is C12H18ClN3O8S. The zero-order chi connectivity index (χ0) is 17.1. The highest BCUT2D eigenvalue weighted by atomic mass is 35.5. The molecule has 11 nitrogen and oxygen atoms in total. The molecule has 3 heterocycles. The molecule has 1 unspecified atom stereocenters. The van der Waals surface area contributed by atoms with Crippen molar-refractivity contribution in [1.82, 2.24) is 10.6 Å². The maximum Gasteiger partial charge on any atom is 0.325 e. The summed E-state index contributed by atoms with van der Waals surface area (Å²) in [6.45, 7) is -0.204. The molecule has 2 N–H and O–H groups in total. The van der Waals surface area contributed by atoms with Gasteiger partial charge in [-0.3, -0.25) is 14.9 Å². The largest absolute Gasteiger partial charge is 0.456 e. The number of carbonyl (C=O) groups excluding carboxylic acids is 2. The van der Waals surface area contributed by atoms with E-state index in [0.29, 0.717) is 11.6 Å². The van der Waals surface area contributed by atoms with Crippen LogP contribution in [0.3, 0.4) is 0 Å². The molecule has 3 rings (SSSR count). The maximum absolute atomic E-state index is 11.9. The number of hydrogen-bond acceptors (Lipinski definition) is 10. The number of hydrogen-bond donors (Lipinski definition) is 2. The monoisotopic (exact) mass is 399 g/mol. The van der Waals surface area contributed by atoms with Crippen LogP contribution >= 0.6 is 24.2 Å². The van der Waals surface area contributed by atoms with Crippen LogP contribution in [-0.4, -0.2) is 78.8 Å². The zero-order valence-electron chi connectivity index (χ0n) is 13.0. The maximum atomic E-state index is 11.9.